The van der Waals surface area contributed by atoms with E-state index >= 15 is 0 Å². The molecule has 8 nitrogen and oxygen atoms in total. The molecular formula is C21H15ClN2O6S. The molecule has 0 saturated heterocycles. The lowest BCUT2D eigenvalue weighted by molar-refractivity contribution is -0.384. The number of hydrogen-bond acceptors (Lipinski definition) is 6. The summed E-state index contributed by atoms with van der Waals surface area (Å²) in [5.41, 5.74) is -0.176. The first-order valence-corrected chi connectivity index (χ1v) is 10.8. The Morgan fingerprint density at radius 1 is 0.903 bits per heavy atom. The number of nitro benzene ring substituents is 1. The molecule has 158 valence electrons. The van der Waals surface area contributed by atoms with Crippen LogP contribution in [0.15, 0.2) is 83.8 Å². The van der Waals surface area contributed by atoms with Crippen molar-refractivity contribution in [2.24, 2.45) is 0 Å². The number of carbonyl (C=O) groups excluding carboxylic acids is 2. The highest BCUT2D eigenvalue weighted by Crippen LogP contribution is 2.23. The molecule has 31 heavy (non-hydrogen) atoms. The maximum atomic E-state index is 13.2. The number of ketones is 1. The second-order valence-corrected chi connectivity index (χ2v) is 8.87. The van der Waals surface area contributed by atoms with Gasteiger partial charge in [-0.05, 0) is 48.5 Å². The van der Waals surface area contributed by atoms with Gasteiger partial charge in [-0.3, -0.25) is 19.7 Å². The summed E-state index contributed by atoms with van der Waals surface area (Å²) >= 11 is 5.82. The minimum absolute atomic E-state index is 0.152. The van der Waals surface area contributed by atoms with Crippen molar-refractivity contribution in [3.63, 3.8) is 0 Å². The highest BCUT2D eigenvalue weighted by molar-refractivity contribution is 7.93. The third-order valence-corrected chi connectivity index (χ3v) is 6.56. The Morgan fingerprint density at radius 2 is 1.48 bits per heavy atom. The predicted molar refractivity (Wildman–Crippen MR) is 115 cm³/mol. The number of Topliss-reactive ketones (excluding diaryl/α,β-unsaturated/α-hetero) is 1. The number of anilines is 1. The maximum absolute atomic E-state index is 13.2. The topological polar surface area (TPSA) is 123 Å². The first-order valence-electron chi connectivity index (χ1n) is 8.84. The summed E-state index contributed by atoms with van der Waals surface area (Å²) in [6, 6.07) is 17.4. The van der Waals surface area contributed by atoms with Crippen LogP contribution in [0.25, 0.3) is 0 Å². The molecule has 1 N–H and O–H groups in total. The average molecular weight is 459 g/mol. The number of hydrogen-bond donors (Lipinski definition) is 1. The Kier molecular flexibility index (Phi) is 6.47. The van der Waals surface area contributed by atoms with Crippen molar-refractivity contribution in [3.05, 3.63) is 99.6 Å². The molecule has 0 aliphatic heterocycles. The molecule has 0 bridgehead atoms. The van der Waals surface area contributed by atoms with Gasteiger partial charge in [-0.1, -0.05) is 29.8 Å². The van der Waals surface area contributed by atoms with E-state index in [4.69, 9.17) is 11.6 Å². The van der Waals surface area contributed by atoms with E-state index in [0.717, 1.165) is 24.3 Å². The third-order valence-electron chi connectivity index (χ3n) is 4.33. The molecule has 3 aromatic carbocycles. The highest BCUT2D eigenvalue weighted by Gasteiger charge is 2.41. The van der Waals surface area contributed by atoms with Crippen LogP contribution in [-0.4, -0.2) is 30.3 Å². The van der Waals surface area contributed by atoms with Crippen molar-refractivity contribution < 1.29 is 22.9 Å². The second-order valence-electron chi connectivity index (χ2n) is 6.40. The molecule has 0 unspecified atom stereocenters. The number of carbonyl (C=O) groups is 2. The van der Waals surface area contributed by atoms with Gasteiger partial charge in [0.15, 0.2) is 15.6 Å². The number of benzene rings is 3. The van der Waals surface area contributed by atoms with Crippen LogP contribution in [0.3, 0.4) is 0 Å². The number of nitro groups is 1. The molecule has 3 aromatic rings. The fraction of sp³-hybridized carbons (Fsp3) is 0.0476. The van der Waals surface area contributed by atoms with Crippen LogP contribution in [0, 0.1) is 10.1 Å². The van der Waals surface area contributed by atoms with Crippen molar-refractivity contribution >= 4 is 44.5 Å². The molecular weight excluding hydrogens is 444 g/mol. The standard InChI is InChI=1S/C21H15ClN2O6S/c22-15-8-10-16(11-9-15)23-21(26)20(31(29,30)18-4-2-1-3-5-18)19(25)14-6-12-17(13-7-14)24(27)28/h1-13,20H,(H,23,26)/t20-/m1/s1. The zero-order chi connectivity index (χ0) is 22.6. The highest BCUT2D eigenvalue weighted by atomic mass is 35.5. The van der Waals surface area contributed by atoms with E-state index in [1.165, 1.54) is 48.5 Å². The predicted octanol–water partition coefficient (Wildman–Crippen LogP) is 3.91. The van der Waals surface area contributed by atoms with Crippen LogP contribution < -0.4 is 5.32 Å². The minimum atomic E-state index is -4.42. The summed E-state index contributed by atoms with van der Waals surface area (Å²) in [5, 5.41) is 11.6. The van der Waals surface area contributed by atoms with Gasteiger partial charge >= 0.3 is 0 Å². The van der Waals surface area contributed by atoms with Crippen molar-refractivity contribution in [1.29, 1.82) is 0 Å². The summed E-state index contributed by atoms with van der Waals surface area (Å²) in [6.45, 7) is 0. The summed E-state index contributed by atoms with van der Waals surface area (Å²) in [4.78, 5) is 36.0. The zero-order valence-corrected chi connectivity index (χ0v) is 17.3. The molecule has 0 saturated carbocycles. The largest absolute Gasteiger partial charge is 0.325 e. The molecule has 0 heterocycles. The van der Waals surface area contributed by atoms with E-state index in [0.29, 0.717) is 5.02 Å². The van der Waals surface area contributed by atoms with Gasteiger partial charge in [-0.25, -0.2) is 8.42 Å². The van der Waals surface area contributed by atoms with E-state index in [1.54, 1.807) is 6.07 Å². The van der Waals surface area contributed by atoms with Gasteiger partial charge in [0, 0.05) is 28.4 Å². The van der Waals surface area contributed by atoms with Gasteiger partial charge in [-0.15, -0.1) is 0 Å². The van der Waals surface area contributed by atoms with Crippen LogP contribution in [-0.2, 0) is 14.6 Å². The van der Waals surface area contributed by atoms with Crippen molar-refractivity contribution in [1.82, 2.24) is 0 Å². The molecule has 0 fully saturated rings. The summed E-state index contributed by atoms with van der Waals surface area (Å²) < 4.78 is 26.4. The van der Waals surface area contributed by atoms with E-state index in [9.17, 15) is 28.1 Å². The molecule has 1 amide bonds. The Balaban J connectivity index is 2.03. The number of amides is 1. The van der Waals surface area contributed by atoms with Gasteiger partial charge in [0.2, 0.25) is 5.25 Å². The van der Waals surface area contributed by atoms with Crippen molar-refractivity contribution in [2.75, 3.05) is 5.32 Å². The lowest BCUT2D eigenvalue weighted by Crippen LogP contribution is -2.41. The molecule has 0 radical (unpaired) electrons. The Bertz CT molecular complexity index is 1230. The van der Waals surface area contributed by atoms with Gasteiger partial charge in [-0.2, -0.15) is 0 Å². The number of sulfone groups is 1. The van der Waals surface area contributed by atoms with Crippen LogP contribution in [0.1, 0.15) is 10.4 Å². The van der Waals surface area contributed by atoms with Crippen LogP contribution >= 0.6 is 11.6 Å². The lowest BCUT2D eigenvalue weighted by Gasteiger charge is -2.17. The first-order chi connectivity index (χ1) is 14.7. The van der Waals surface area contributed by atoms with Gasteiger partial charge in [0.05, 0.1) is 9.82 Å². The lowest BCUT2D eigenvalue weighted by atomic mass is 10.1. The van der Waals surface area contributed by atoms with Gasteiger partial charge in [0.1, 0.15) is 0 Å². The summed E-state index contributed by atoms with van der Waals surface area (Å²) in [7, 11) is -4.42. The number of halogens is 1. The first kappa shape index (κ1) is 22.1. The number of non-ortho nitro benzene ring substituents is 1. The quantitative estimate of drug-likeness (QED) is 0.248. The third kappa shape index (κ3) is 4.96. The normalized spacial score (nSPS) is 12.0. The van der Waals surface area contributed by atoms with E-state index in [1.807, 2.05) is 0 Å². The maximum Gasteiger partial charge on any atom is 0.269 e. The molecule has 0 aromatic heterocycles. The molecule has 10 heteroatoms. The van der Waals surface area contributed by atoms with Crippen molar-refractivity contribution in [3.8, 4) is 0 Å². The fourth-order valence-electron chi connectivity index (χ4n) is 2.79. The fourth-order valence-corrected chi connectivity index (χ4v) is 4.48. The SMILES string of the molecule is O=C(Nc1ccc(Cl)cc1)[C@@H](C(=O)c1ccc([N+](=O)[O-])cc1)S(=O)(=O)c1ccccc1. The number of rotatable bonds is 7. The minimum Gasteiger partial charge on any atom is -0.325 e. The van der Waals surface area contributed by atoms with Crippen LogP contribution in [0.2, 0.25) is 5.02 Å². The smallest absolute Gasteiger partial charge is 0.269 e. The van der Waals surface area contributed by atoms with E-state index in [2.05, 4.69) is 5.32 Å². The van der Waals surface area contributed by atoms with Gasteiger partial charge < -0.3 is 5.32 Å². The molecule has 1 atom stereocenters. The van der Waals surface area contributed by atoms with E-state index in [-0.39, 0.29) is 21.8 Å². The van der Waals surface area contributed by atoms with Crippen LogP contribution in [0.5, 0.6) is 0 Å². The zero-order valence-electron chi connectivity index (χ0n) is 15.8. The second kappa shape index (κ2) is 9.07. The summed E-state index contributed by atoms with van der Waals surface area (Å²) in [5.74, 6) is -2.07. The monoisotopic (exact) mass is 458 g/mol. The van der Waals surface area contributed by atoms with Crippen LogP contribution in [0.4, 0.5) is 11.4 Å². The molecule has 3 rings (SSSR count). The molecule has 0 aliphatic carbocycles. The Hall–Kier alpha value is -3.56. The van der Waals surface area contributed by atoms with Crippen molar-refractivity contribution in [2.45, 2.75) is 10.1 Å². The number of nitrogens with zero attached hydrogens (tertiary/aromatic N) is 1. The molecule has 0 spiro atoms. The van der Waals surface area contributed by atoms with E-state index < -0.39 is 31.7 Å². The molecule has 0 aliphatic rings. The summed E-state index contributed by atoms with van der Waals surface area (Å²) in [6.07, 6.45) is 0. The number of nitrogens with one attached hydrogen (secondary N) is 1. The Morgan fingerprint density at radius 3 is 2.03 bits per heavy atom. The van der Waals surface area contributed by atoms with Gasteiger partial charge in [0.25, 0.3) is 11.6 Å². The average Bonchev–Trinajstić information content (AvgIpc) is 2.76. The Labute approximate surface area is 182 Å².